The van der Waals surface area contributed by atoms with E-state index < -0.39 is 23.1 Å². The number of carbonyl (C=O) groups excluding carboxylic acids is 1. The molecule has 0 saturated carbocycles. The van der Waals surface area contributed by atoms with Gasteiger partial charge in [0.1, 0.15) is 17.2 Å². The summed E-state index contributed by atoms with van der Waals surface area (Å²) in [6.45, 7) is 0. The molecule has 2 aromatic carbocycles. The number of anilines is 1. The Bertz CT molecular complexity index is 695. The van der Waals surface area contributed by atoms with Gasteiger partial charge in [0.25, 0.3) is 5.91 Å². The number of nitrogen functional groups attached to an aromatic ring is 1. The number of rotatable bonds is 2. The molecular formula is C16H14F2N2O. The molecule has 0 heterocycles. The largest absolute Gasteiger partial charge is 0.399 e. The molecule has 0 radical (unpaired) electrons. The minimum Gasteiger partial charge on any atom is -0.399 e. The Morgan fingerprint density at radius 2 is 1.90 bits per heavy atom. The van der Waals surface area contributed by atoms with Crippen LogP contribution in [0.15, 0.2) is 36.4 Å². The van der Waals surface area contributed by atoms with Crippen LogP contribution >= 0.6 is 0 Å². The van der Waals surface area contributed by atoms with E-state index in [1.165, 1.54) is 6.07 Å². The number of fused-ring (bicyclic) bond motifs is 1. The number of hydrogen-bond acceptors (Lipinski definition) is 2. The van der Waals surface area contributed by atoms with Gasteiger partial charge in [-0.15, -0.1) is 0 Å². The van der Waals surface area contributed by atoms with Crippen molar-refractivity contribution in [2.75, 3.05) is 5.73 Å². The third-order valence-electron chi connectivity index (χ3n) is 3.74. The zero-order valence-electron chi connectivity index (χ0n) is 11.2. The van der Waals surface area contributed by atoms with E-state index in [9.17, 15) is 13.6 Å². The molecule has 0 aromatic heterocycles. The lowest BCUT2D eigenvalue weighted by molar-refractivity contribution is 0.0928. The number of halogens is 2. The lowest BCUT2D eigenvalue weighted by Gasteiger charge is -2.15. The van der Waals surface area contributed by atoms with Crippen molar-refractivity contribution in [3.05, 3.63) is 64.7 Å². The van der Waals surface area contributed by atoms with Crippen molar-refractivity contribution in [1.29, 1.82) is 0 Å². The highest BCUT2D eigenvalue weighted by Gasteiger charge is 2.26. The fourth-order valence-electron chi connectivity index (χ4n) is 2.73. The minimum atomic E-state index is -0.858. The molecule has 1 atom stereocenters. The van der Waals surface area contributed by atoms with E-state index in [-0.39, 0.29) is 6.04 Å². The van der Waals surface area contributed by atoms with Crippen molar-refractivity contribution < 1.29 is 13.6 Å². The van der Waals surface area contributed by atoms with E-state index in [0.29, 0.717) is 12.1 Å². The minimum absolute atomic E-state index is 0.243. The maximum Gasteiger partial charge on any atom is 0.257 e. The molecule has 0 spiro atoms. The molecule has 0 bridgehead atoms. The van der Waals surface area contributed by atoms with Gasteiger partial charge in [-0.25, -0.2) is 8.78 Å². The molecule has 1 aliphatic rings. The first-order valence-corrected chi connectivity index (χ1v) is 6.69. The van der Waals surface area contributed by atoms with E-state index in [0.717, 1.165) is 29.7 Å². The Kier molecular flexibility index (Phi) is 3.33. The number of nitrogens with two attached hydrogens (primary N) is 1. The summed E-state index contributed by atoms with van der Waals surface area (Å²) in [5.41, 5.74) is 7.87. The summed E-state index contributed by atoms with van der Waals surface area (Å²) < 4.78 is 27.2. The molecule has 0 fully saturated rings. The molecule has 108 valence electrons. The van der Waals surface area contributed by atoms with E-state index >= 15 is 0 Å². The summed E-state index contributed by atoms with van der Waals surface area (Å²) in [4.78, 5) is 12.1. The second kappa shape index (κ2) is 5.16. The summed E-state index contributed by atoms with van der Waals surface area (Å²) >= 11 is 0. The topological polar surface area (TPSA) is 55.1 Å². The third-order valence-corrected chi connectivity index (χ3v) is 3.74. The van der Waals surface area contributed by atoms with Gasteiger partial charge in [0.2, 0.25) is 0 Å². The molecule has 1 unspecified atom stereocenters. The van der Waals surface area contributed by atoms with E-state index in [1.54, 1.807) is 6.07 Å². The summed E-state index contributed by atoms with van der Waals surface area (Å²) in [6, 6.07) is 8.60. The first kappa shape index (κ1) is 13.5. The molecule has 3 N–H and O–H groups in total. The van der Waals surface area contributed by atoms with Gasteiger partial charge in [-0.3, -0.25) is 4.79 Å². The van der Waals surface area contributed by atoms with Gasteiger partial charge in [-0.05, 0) is 48.2 Å². The van der Waals surface area contributed by atoms with Crippen LogP contribution in [0.3, 0.4) is 0 Å². The van der Waals surface area contributed by atoms with E-state index in [4.69, 9.17) is 5.73 Å². The third kappa shape index (κ3) is 2.46. The van der Waals surface area contributed by atoms with Crippen LogP contribution in [0.5, 0.6) is 0 Å². The quantitative estimate of drug-likeness (QED) is 0.835. The van der Waals surface area contributed by atoms with Crippen LogP contribution in [0.4, 0.5) is 14.5 Å². The molecular weight excluding hydrogens is 274 g/mol. The van der Waals surface area contributed by atoms with Crippen molar-refractivity contribution in [3.63, 3.8) is 0 Å². The summed E-state index contributed by atoms with van der Waals surface area (Å²) in [7, 11) is 0. The van der Waals surface area contributed by atoms with Crippen LogP contribution in [-0.4, -0.2) is 5.91 Å². The second-order valence-corrected chi connectivity index (χ2v) is 5.12. The standard InChI is InChI=1S/C16H14F2N2O/c17-12-2-1-3-13(18)15(12)16(21)20-14-7-4-9-8-10(19)5-6-11(9)14/h1-3,5-6,8,14H,4,7,19H2,(H,20,21). The van der Waals surface area contributed by atoms with Crippen molar-refractivity contribution in [2.24, 2.45) is 0 Å². The van der Waals surface area contributed by atoms with Crippen LogP contribution in [0.2, 0.25) is 0 Å². The van der Waals surface area contributed by atoms with Crippen molar-refractivity contribution in [3.8, 4) is 0 Å². The number of aryl methyl sites for hydroxylation is 1. The number of amides is 1. The number of carbonyl (C=O) groups is 1. The lowest BCUT2D eigenvalue weighted by atomic mass is 10.1. The molecule has 3 rings (SSSR count). The van der Waals surface area contributed by atoms with Crippen LogP contribution in [0.1, 0.15) is 33.9 Å². The summed E-state index contributed by atoms with van der Waals surface area (Å²) in [5.74, 6) is -2.45. The predicted octanol–water partition coefficient (Wildman–Crippen LogP) is 2.96. The Morgan fingerprint density at radius 1 is 1.19 bits per heavy atom. The van der Waals surface area contributed by atoms with Crippen LogP contribution < -0.4 is 11.1 Å². The maximum atomic E-state index is 13.6. The summed E-state index contributed by atoms with van der Waals surface area (Å²) in [5, 5.41) is 2.69. The predicted molar refractivity (Wildman–Crippen MR) is 75.7 cm³/mol. The monoisotopic (exact) mass is 288 g/mol. The average Bonchev–Trinajstić information content (AvgIpc) is 2.80. The molecule has 5 heteroatoms. The van der Waals surface area contributed by atoms with Crippen molar-refractivity contribution >= 4 is 11.6 Å². The summed E-state index contributed by atoms with van der Waals surface area (Å²) in [6.07, 6.45) is 1.48. The fourth-order valence-corrected chi connectivity index (χ4v) is 2.73. The highest BCUT2D eigenvalue weighted by molar-refractivity contribution is 5.95. The first-order valence-electron chi connectivity index (χ1n) is 6.69. The highest BCUT2D eigenvalue weighted by Crippen LogP contribution is 2.32. The zero-order valence-corrected chi connectivity index (χ0v) is 11.2. The van der Waals surface area contributed by atoms with E-state index in [2.05, 4.69) is 5.32 Å². The molecule has 2 aromatic rings. The van der Waals surface area contributed by atoms with Crippen molar-refractivity contribution in [1.82, 2.24) is 5.32 Å². The van der Waals surface area contributed by atoms with E-state index in [1.807, 2.05) is 12.1 Å². The Hall–Kier alpha value is -2.43. The van der Waals surface area contributed by atoms with Gasteiger partial charge >= 0.3 is 0 Å². The Morgan fingerprint density at radius 3 is 2.62 bits per heavy atom. The van der Waals surface area contributed by atoms with Gasteiger partial charge in [-0.2, -0.15) is 0 Å². The second-order valence-electron chi connectivity index (χ2n) is 5.12. The van der Waals surface area contributed by atoms with Crippen LogP contribution in [0.25, 0.3) is 0 Å². The normalized spacial score (nSPS) is 16.6. The molecule has 0 aliphatic heterocycles. The molecule has 21 heavy (non-hydrogen) atoms. The molecule has 0 saturated heterocycles. The van der Waals surface area contributed by atoms with Crippen LogP contribution in [0, 0.1) is 11.6 Å². The van der Waals surface area contributed by atoms with Gasteiger partial charge < -0.3 is 11.1 Å². The Balaban J connectivity index is 1.85. The number of nitrogens with one attached hydrogen (secondary N) is 1. The van der Waals surface area contributed by atoms with Gasteiger partial charge in [0.15, 0.2) is 0 Å². The highest BCUT2D eigenvalue weighted by atomic mass is 19.1. The fraction of sp³-hybridized carbons (Fsp3) is 0.188. The number of benzene rings is 2. The maximum absolute atomic E-state index is 13.6. The average molecular weight is 288 g/mol. The van der Waals surface area contributed by atoms with Gasteiger partial charge in [-0.1, -0.05) is 12.1 Å². The van der Waals surface area contributed by atoms with Crippen LogP contribution in [-0.2, 0) is 6.42 Å². The lowest BCUT2D eigenvalue weighted by Crippen LogP contribution is -2.28. The first-order chi connectivity index (χ1) is 10.1. The van der Waals surface area contributed by atoms with Gasteiger partial charge in [0.05, 0.1) is 6.04 Å². The zero-order chi connectivity index (χ0) is 15.0. The molecule has 3 nitrogen and oxygen atoms in total. The molecule has 1 aliphatic carbocycles. The van der Waals surface area contributed by atoms with Gasteiger partial charge in [0, 0.05) is 5.69 Å². The SMILES string of the molecule is Nc1ccc2c(c1)CCC2NC(=O)c1c(F)cccc1F. The smallest absolute Gasteiger partial charge is 0.257 e. The van der Waals surface area contributed by atoms with Crippen molar-refractivity contribution in [2.45, 2.75) is 18.9 Å². The number of hydrogen-bond donors (Lipinski definition) is 2. The Labute approximate surface area is 120 Å². The molecule has 1 amide bonds.